The zero-order valence-electron chi connectivity index (χ0n) is 17.0. The number of amides is 2. The average Bonchev–Trinajstić information content (AvgIpc) is 3.11. The Morgan fingerprint density at radius 1 is 1.17 bits per heavy atom. The fourth-order valence-corrected chi connectivity index (χ4v) is 3.32. The summed E-state index contributed by atoms with van der Waals surface area (Å²) in [6.07, 6.45) is 3.93. The number of hydrogen-bond donors (Lipinski definition) is 1. The molecule has 158 valence electrons. The summed E-state index contributed by atoms with van der Waals surface area (Å²) >= 11 is 0. The third-order valence-electron chi connectivity index (χ3n) is 4.91. The van der Waals surface area contributed by atoms with Crippen LogP contribution >= 0.6 is 0 Å². The van der Waals surface area contributed by atoms with Crippen LogP contribution in [0.15, 0.2) is 36.4 Å². The van der Waals surface area contributed by atoms with Crippen molar-refractivity contribution in [3.05, 3.63) is 47.5 Å². The second-order valence-electron chi connectivity index (χ2n) is 7.14. The van der Waals surface area contributed by atoms with E-state index in [1.165, 1.54) is 13.8 Å². The Kier molecular flexibility index (Phi) is 6.66. The van der Waals surface area contributed by atoms with Gasteiger partial charge in [0, 0.05) is 26.9 Å². The molecule has 0 fully saturated rings. The van der Waals surface area contributed by atoms with Gasteiger partial charge in [-0.05, 0) is 29.2 Å². The molecule has 0 unspecified atom stereocenters. The van der Waals surface area contributed by atoms with Gasteiger partial charge in [-0.2, -0.15) is 0 Å². The summed E-state index contributed by atoms with van der Waals surface area (Å²) in [6.45, 7) is 3.71. The number of nitrogens with zero attached hydrogens (tertiary/aromatic N) is 1. The molecule has 1 aromatic carbocycles. The molecular weight excluding hydrogens is 388 g/mol. The van der Waals surface area contributed by atoms with Crippen LogP contribution in [0.4, 0.5) is 0 Å². The van der Waals surface area contributed by atoms with E-state index in [2.05, 4.69) is 5.32 Å². The Labute approximate surface area is 174 Å². The first-order chi connectivity index (χ1) is 14.3. The molecule has 0 spiro atoms. The number of nitrogens with one attached hydrogen (secondary N) is 1. The summed E-state index contributed by atoms with van der Waals surface area (Å²) < 4.78 is 10.0. The molecule has 8 nitrogen and oxygen atoms in total. The molecule has 2 aliphatic heterocycles. The molecule has 2 heterocycles. The second kappa shape index (κ2) is 9.39. The van der Waals surface area contributed by atoms with Gasteiger partial charge in [0.1, 0.15) is 6.10 Å². The van der Waals surface area contributed by atoms with Crippen molar-refractivity contribution in [3.8, 4) is 0 Å². The Hall–Kier alpha value is -3.42. The van der Waals surface area contributed by atoms with Crippen LogP contribution in [0, 0.1) is 0 Å². The number of ether oxygens (including phenoxy) is 2. The van der Waals surface area contributed by atoms with E-state index in [0.29, 0.717) is 25.1 Å². The first kappa shape index (κ1) is 21.3. The average molecular weight is 412 g/mol. The Morgan fingerprint density at radius 3 is 2.47 bits per heavy atom. The van der Waals surface area contributed by atoms with Crippen LogP contribution in [-0.4, -0.2) is 61.0 Å². The predicted octanol–water partition coefficient (Wildman–Crippen LogP) is 1.31. The Bertz CT molecular complexity index is 916. The topological polar surface area (TPSA) is 102 Å². The lowest BCUT2D eigenvalue weighted by atomic mass is 9.96. The van der Waals surface area contributed by atoms with E-state index in [4.69, 9.17) is 9.47 Å². The van der Waals surface area contributed by atoms with Gasteiger partial charge in [0.25, 0.3) is 5.91 Å². The van der Waals surface area contributed by atoms with Crippen LogP contribution in [0.3, 0.4) is 0 Å². The van der Waals surface area contributed by atoms with Gasteiger partial charge in [-0.1, -0.05) is 30.3 Å². The van der Waals surface area contributed by atoms with Gasteiger partial charge >= 0.3 is 11.9 Å². The van der Waals surface area contributed by atoms with Crippen LogP contribution in [-0.2, 0) is 28.7 Å². The minimum atomic E-state index is -0.473. The highest BCUT2D eigenvalue weighted by molar-refractivity contribution is 6.18. The first-order valence-corrected chi connectivity index (χ1v) is 9.71. The van der Waals surface area contributed by atoms with Crippen molar-refractivity contribution in [2.45, 2.75) is 26.4 Å². The number of benzene rings is 1. The molecule has 3 rings (SSSR count). The minimum Gasteiger partial charge on any atom is -0.456 e. The maximum atomic E-state index is 12.1. The molecule has 1 N–H and O–H groups in total. The quantitative estimate of drug-likeness (QED) is 0.707. The maximum absolute atomic E-state index is 12.1. The van der Waals surface area contributed by atoms with Crippen molar-refractivity contribution in [1.29, 1.82) is 0 Å². The predicted molar refractivity (Wildman–Crippen MR) is 109 cm³/mol. The summed E-state index contributed by atoms with van der Waals surface area (Å²) in [4.78, 5) is 47.7. The molecule has 0 saturated heterocycles. The van der Waals surface area contributed by atoms with E-state index in [-0.39, 0.29) is 25.0 Å². The monoisotopic (exact) mass is 412 g/mol. The number of cyclic esters (lactones) is 1. The lowest BCUT2D eigenvalue weighted by Crippen LogP contribution is -2.37. The van der Waals surface area contributed by atoms with Gasteiger partial charge in [-0.3, -0.25) is 14.4 Å². The molecule has 0 radical (unpaired) electrons. The zero-order valence-corrected chi connectivity index (χ0v) is 17.0. The fourth-order valence-electron chi connectivity index (χ4n) is 3.32. The standard InChI is InChI=1S/C22H24N2O6/c1-14(25)23-12-19-11-20(22(28)30-19)18-5-3-16(4-6-18)17-7-9-24(10-8-17)21(27)13-29-15(2)26/h3-7,11,19H,8-10,12-13H2,1-2H3,(H,23,25)/t19-/m1/s1. The van der Waals surface area contributed by atoms with Crippen molar-refractivity contribution in [3.63, 3.8) is 0 Å². The zero-order chi connectivity index (χ0) is 21.7. The minimum absolute atomic E-state index is 0.176. The highest BCUT2D eigenvalue weighted by atomic mass is 16.5. The molecule has 2 amide bonds. The molecule has 1 atom stereocenters. The van der Waals surface area contributed by atoms with Gasteiger partial charge < -0.3 is 19.7 Å². The number of carbonyl (C=O) groups excluding carboxylic acids is 4. The van der Waals surface area contributed by atoms with Crippen LogP contribution in [0.1, 0.15) is 31.4 Å². The van der Waals surface area contributed by atoms with Crippen molar-refractivity contribution < 1.29 is 28.7 Å². The van der Waals surface area contributed by atoms with Gasteiger partial charge in [0.2, 0.25) is 5.91 Å². The highest BCUT2D eigenvalue weighted by Crippen LogP contribution is 2.27. The normalized spacial score (nSPS) is 18.3. The fraction of sp³-hybridized carbons (Fsp3) is 0.364. The Balaban J connectivity index is 1.61. The van der Waals surface area contributed by atoms with E-state index in [9.17, 15) is 19.2 Å². The van der Waals surface area contributed by atoms with Crippen molar-refractivity contribution >= 4 is 34.9 Å². The molecule has 0 bridgehead atoms. The molecule has 0 aromatic heterocycles. The molecular formula is C22H24N2O6. The SMILES string of the molecule is CC(=O)NC[C@H]1C=C(c2ccc(C3=CCN(C(=O)COC(C)=O)CC3)cc2)C(=O)O1. The molecule has 0 aliphatic carbocycles. The smallest absolute Gasteiger partial charge is 0.339 e. The molecule has 2 aliphatic rings. The molecule has 0 saturated carbocycles. The molecule has 8 heteroatoms. The molecule has 1 aromatic rings. The third-order valence-corrected chi connectivity index (χ3v) is 4.91. The van der Waals surface area contributed by atoms with E-state index in [0.717, 1.165) is 16.7 Å². The summed E-state index contributed by atoms with van der Waals surface area (Å²) in [5.41, 5.74) is 3.37. The summed E-state index contributed by atoms with van der Waals surface area (Å²) in [7, 11) is 0. The lowest BCUT2D eigenvalue weighted by Gasteiger charge is -2.26. The molecule has 30 heavy (non-hydrogen) atoms. The van der Waals surface area contributed by atoms with Crippen molar-refractivity contribution in [2.24, 2.45) is 0 Å². The number of carbonyl (C=O) groups is 4. The Morgan fingerprint density at radius 2 is 1.87 bits per heavy atom. The lowest BCUT2D eigenvalue weighted by molar-refractivity contribution is -0.150. The van der Waals surface area contributed by atoms with E-state index in [1.807, 2.05) is 30.3 Å². The second-order valence-corrected chi connectivity index (χ2v) is 7.14. The largest absolute Gasteiger partial charge is 0.456 e. The van der Waals surface area contributed by atoms with Crippen molar-refractivity contribution in [2.75, 3.05) is 26.2 Å². The van der Waals surface area contributed by atoms with Gasteiger partial charge in [0.05, 0.1) is 12.1 Å². The third kappa shape index (κ3) is 5.34. The van der Waals surface area contributed by atoms with Crippen LogP contribution < -0.4 is 5.32 Å². The number of hydrogen-bond acceptors (Lipinski definition) is 6. The van der Waals surface area contributed by atoms with Crippen LogP contribution in [0.25, 0.3) is 11.1 Å². The summed E-state index contributed by atoms with van der Waals surface area (Å²) in [6, 6.07) is 7.60. The van der Waals surface area contributed by atoms with Crippen LogP contribution in [0.2, 0.25) is 0 Å². The van der Waals surface area contributed by atoms with E-state index >= 15 is 0 Å². The number of rotatable bonds is 6. The van der Waals surface area contributed by atoms with Gasteiger partial charge in [-0.25, -0.2) is 4.79 Å². The van der Waals surface area contributed by atoms with E-state index < -0.39 is 18.0 Å². The van der Waals surface area contributed by atoms with E-state index in [1.54, 1.807) is 11.0 Å². The summed E-state index contributed by atoms with van der Waals surface area (Å²) in [5, 5.41) is 2.64. The summed E-state index contributed by atoms with van der Waals surface area (Å²) in [5.74, 6) is -1.27. The van der Waals surface area contributed by atoms with Crippen LogP contribution in [0.5, 0.6) is 0 Å². The highest BCUT2D eigenvalue weighted by Gasteiger charge is 2.26. The first-order valence-electron chi connectivity index (χ1n) is 9.71. The number of esters is 2. The van der Waals surface area contributed by atoms with Gasteiger partial charge in [-0.15, -0.1) is 0 Å². The van der Waals surface area contributed by atoms with Gasteiger partial charge in [0.15, 0.2) is 6.61 Å². The van der Waals surface area contributed by atoms with Crippen molar-refractivity contribution in [1.82, 2.24) is 10.2 Å². The maximum Gasteiger partial charge on any atom is 0.339 e.